The van der Waals surface area contributed by atoms with Gasteiger partial charge in [0.1, 0.15) is 11.9 Å². The van der Waals surface area contributed by atoms with Crippen molar-refractivity contribution in [3.8, 4) is 28.3 Å². The predicted octanol–water partition coefficient (Wildman–Crippen LogP) is 2.14. The molecule has 0 aliphatic carbocycles. The van der Waals surface area contributed by atoms with Gasteiger partial charge in [-0.2, -0.15) is 5.10 Å². The Morgan fingerprint density at radius 3 is 2.80 bits per heavy atom. The molecule has 4 heterocycles. The number of phenols is 1. The lowest BCUT2D eigenvalue weighted by atomic mass is 9.90. The van der Waals surface area contributed by atoms with E-state index in [1.807, 2.05) is 30.1 Å². The van der Waals surface area contributed by atoms with Crippen LogP contribution in [0.2, 0.25) is 0 Å². The van der Waals surface area contributed by atoms with E-state index in [2.05, 4.69) is 25.7 Å². The van der Waals surface area contributed by atoms with E-state index >= 15 is 0 Å². The van der Waals surface area contributed by atoms with E-state index in [1.165, 1.54) is 0 Å². The first-order valence-corrected chi connectivity index (χ1v) is 9.97. The van der Waals surface area contributed by atoms with Crippen molar-refractivity contribution >= 4 is 5.82 Å². The van der Waals surface area contributed by atoms with Crippen LogP contribution in [0.3, 0.4) is 0 Å². The number of aromatic nitrogens is 4. The fraction of sp³-hybridized carbons (Fsp3) is 0.381. The second-order valence-corrected chi connectivity index (χ2v) is 7.84. The third kappa shape index (κ3) is 3.40. The van der Waals surface area contributed by atoms with E-state index in [0.29, 0.717) is 36.7 Å². The van der Waals surface area contributed by atoms with Gasteiger partial charge in [0.05, 0.1) is 36.7 Å². The summed E-state index contributed by atoms with van der Waals surface area (Å²) < 4.78 is 20.4. The van der Waals surface area contributed by atoms with E-state index < -0.39 is 6.17 Å². The Balaban J connectivity index is 1.35. The fourth-order valence-corrected chi connectivity index (χ4v) is 4.28. The molecule has 5 rings (SSSR count). The maximum absolute atomic E-state index is 14.9. The average molecular weight is 410 g/mol. The van der Waals surface area contributed by atoms with Crippen LogP contribution in [0.25, 0.3) is 22.5 Å². The van der Waals surface area contributed by atoms with Crippen molar-refractivity contribution in [3.05, 3.63) is 42.6 Å². The number of phenolic OH excluding ortho intramolecular Hbond substituents is 1. The second-order valence-electron chi connectivity index (χ2n) is 7.84. The number of aromatic amines is 1. The first-order valence-electron chi connectivity index (χ1n) is 9.97. The molecule has 0 unspecified atom stereocenters. The van der Waals surface area contributed by atoms with Crippen LogP contribution in [0.15, 0.2) is 42.6 Å². The Bertz CT molecular complexity index is 1010. The second kappa shape index (κ2) is 7.66. The maximum atomic E-state index is 14.9. The highest BCUT2D eigenvalue weighted by Crippen LogP contribution is 2.33. The summed E-state index contributed by atoms with van der Waals surface area (Å²) >= 11 is 0. The van der Waals surface area contributed by atoms with Gasteiger partial charge in [-0.25, -0.2) is 4.39 Å². The van der Waals surface area contributed by atoms with Gasteiger partial charge < -0.3 is 20.1 Å². The molecule has 2 aliphatic rings. The third-order valence-corrected chi connectivity index (χ3v) is 5.94. The summed E-state index contributed by atoms with van der Waals surface area (Å²) in [4.78, 5) is 1.86. The number of aromatic hydroxyl groups is 1. The van der Waals surface area contributed by atoms with Crippen molar-refractivity contribution in [2.24, 2.45) is 0 Å². The van der Waals surface area contributed by atoms with Crippen LogP contribution < -0.4 is 10.2 Å². The van der Waals surface area contributed by atoms with Crippen molar-refractivity contribution in [1.29, 1.82) is 0 Å². The first kappa shape index (κ1) is 19.0. The maximum Gasteiger partial charge on any atom is 0.151 e. The highest BCUT2D eigenvalue weighted by Gasteiger charge is 2.42. The van der Waals surface area contributed by atoms with Crippen LogP contribution in [0.5, 0.6) is 5.75 Å². The number of ether oxygens (including phenoxy) is 1. The van der Waals surface area contributed by atoms with Gasteiger partial charge in [0.15, 0.2) is 5.82 Å². The van der Waals surface area contributed by atoms with Crippen LogP contribution in [0.4, 0.5) is 10.2 Å². The lowest BCUT2D eigenvalue weighted by Gasteiger charge is -2.45. The molecule has 3 aromatic rings. The molecule has 0 radical (unpaired) electrons. The van der Waals surface area contributed by atoms with E-state index in [0.717, 1.165) is 11.3 Å². The van der Waals surface area contributed by atoms with Crippen molar-refractivity contribution in [1.82, 2.24) is 25.7 Å². The molecule has 2 aliphatic heterocycles. The summed E-state index contributed by atoms with van der Waals surface area (Å²) in [5.74, 6) is 0.702. The van der Waals surface area contributed by atoms with Crippen LogP contribution >= 0.6 is 0 Å². The molecule has 2 bridgehead atoms. The van der Waals surface area contributed by atoms with E-state index in [1.54, 1.807) is 24.4 Å². The minimum Gasteiger partial charge on any atom is -0.507 e. The van der Waals surface area contributed by atoms with Crippen LogP contribution in [0.1, 0.15) is 6.42 Å². The molecular weight excluding hydrogens is 387 g/mol. The number of nitrogens with zero attached hydrogens (tertiary/aromatic N) is 4. The minimum absolute atomic E-state index is 0.104. The Morgan fingerprint density at radius 2 is 2.07 bits per heavy atom. The number of H-pyrrole nitrogens is 1. The summed E-state index contributed by atoms with van der Waals surface area (Å²) in [6.45, 7) is 0.992. The van der Waals surface area contributed by atoms with E-state index in [4.69, 9.17) is 4.74 Å². The Labute approximate surface area is 173 Å². The summed E-state index contributed by atoms with van der Waals surface area (Å²) in [6, 6.07) is 10.4. The number of fused-ring (bicyclic) bond motifs is 2. The average Bonchev–Trinajstić information content (AvgIpc) is 3.31. The molecule has 2 aromatic heterocycles. The van der Waals surface area contributed by atoms with Gasteiger partial charge in [0.2, 0.25) is 0 Å². The summed E-state index contributed by atoms with van der Waals surface area (Å²) in [5.41, 5.74) is 2.77. The number of anilines is 1. The molecule has 0 spiro atoms. The number of morpholine rings is 1. The largest absolute Gasteiger partial charge is 0.507 e. The molecule has 8 nitrogen and oxygen atoms in total. The zero-order valence-electron chi connectivity index (χ0n) is 16.5. The SMILES string of the molecule is CN(c1ccc(-c2ccc(-c3ccn[nH]3)cc2O)nn1)[C@@H]1C[C@H]2COC[C@H](N2)[C@H]1F. The monoisotopic (exact) mass is 410 g/mol. The summed E-state index contributed by atoms with van der Waals surface area (Å²) in [5, 5.41) is 29.1. The van der Waals surface area contributed by atoms with Crippen LogP contribution in [0, 0.1) is 0 Å². The lowest BCUT2D eigenvalue weighted by molar-refractivity contribution is -0.0175. The smallest absolute Gasteiger partial charge is 0.151 e. The Morgan fingerprint density at radius 1 is 1.17 bits per heavy atom. The number of piperidine rings is 1. The molecule has 0 amide bonds. The third-order valence-electron chi connectivity index (χ3n) is 5.94. The zero-order chi connectivity index (χ0) is 20.7. The van der Waals surface area contributed by atoms with Gasteiger partial charge in [-0.15, -0.1) is 10.2 Å². The van der Waals surface area contributed by atoms with Crippen molar-refractivity contribution in [2.45, 2.75) is 30.7 Å². The molecule has 30 heavy (non-hydrogen) atoms. The Kier molecular flexibility index (Phi) is 4.84. The predicted molar refractivity (Wildman–Crippen MR) is 110 cm³/mol. The van der Waals surface area contributed by atoms with Gasteiger partial charge >= 0.3 is 0 Å². The highest BCUT2D eigenvalue weighted by molar-refractivity contribution is 5.73. The van der Waals surface area contributed by atoms with Crippen molar-refractivity contribution in [2.75, 3.05) is 25.2 Å². The first-order chi connectivity index (χ1) is 14.6. The molecule has 2 fully saturated rings. The summed E-state index contributed by atoms with van der Waals surface area (Å²) in [6.07, 6.45) is 1.26. The molecule has 9 heteroatoms. The minimum atomic E-state index is -1.05. The zero-order valence-corrected chi connectivity index (χ0v) is 16.5. The number of nitrogens with one attached hydrogen (secondary N) is 2. The van der Waals surface area contributed by atoms with Crippen LogP contribution in [-0.4, -0.2) is 70.1 Å². The van der Waals surface area contributed by atoms with E-state index in [9.17, 15) is 9.50 Å². The van der Waals surface area contributed by atoms with E-state index in [-0.39, 0.29) is 23.9 Å². The normalized spacial score (nSPS) is 25.8. The van der Waals surface area contributed by atoms with Gasteiger partial charge in [-0.3, -0.25) is 5.10 Å². The molecule has 3 N–H and O–H groups in total. The number of benzene rings is 1. The summed E-state index contributed by atoms with van der Waals surface area (Å²) in [7, 11) is 1.85. The molecule has 4 atom stereocenters. The number of alkyl halides is 1. The van der Waals surface area contributed by atoms with Gasteiger partial charge in [-0.1, -0.05) is 6.07 Å². The standard InChI is InChI=1S/C21H23FN6O2/c1-28(18-9-13-10-30-11-17(24-13)21(18)22)20-5-4-16(26-27-20)14-3-2-12(8-19(14)29)15-6-7-23-25-15/h2-8,13,17-18,21,24,29H,9-11H2,1H3,(H,23,25)/t13-,17-,18+,21+/m0/s1. The van der Waals surface area contributed by atoms with Gasteiger partial charge in [0, 0.05) is 30.4 Å². The molecule has 2 saturated heterocycles. The number of rotatable bonds is 4. The quantitative estimate of drug-likeness (QED) is 0.606. The topological polar surface area (TPSA) is 99.2 Å². The highest BCUT2D eigenvalue weighted by atomic mass is 19.1. The lowest BCUT2D eigenvalue weighted by Crippen LogP contribution is -2.65. The van der Waals surface area contributed by atoms with Crippen molar-refractivity contribution in [3.63, 3.8) is 0 Å². The molecule has 156 valence electrons. The Hall–Kier alpha value is -3.04. The number of hydrogen-bond acceptors (Lipinski definition) is 7. The molecule has 0 saturated carbocycles. The molecular formula is C21H23FN6O2. The van der Waals surface area contributed by atoms with Crippen LogP contribution in [-0.2, 0) is 4.74 Å². The number of halogens is 1. The van der Waals surface area contributed by atoms with Gasteiger partial charge in [-0.05, 0) is 36.8 Å². The molecule has 1 aromatic carbocycles. The fourth-order valence-electron chi connectivity index (χ4n) is 4.28. The van der Waals surface area contributed by atoms with Crippen molar-refractivity contribution < 1.29 is 14.2 Å². The number of hydrogen-bond donors (Lipinski definition) is 3. The van der Waals surface area contributed by atoms with Gasteiger partial charge in [0.25, 0.3) is 0 Å².